The summed E-state index contributed by atoms with van der Waals surface area (Å²) in [5.74, 6) is 1.03. The van der Waals surface area contributed by atoms with E-state index in [0.717, 1.165) is 25.9 Å². The molecule has 2 aliphatic rings. The first kappa shape index (κ1) is 25.5. The van der Waals surface area contributed by atoms with Gasteiger partial charge in [0.2, 0.25) is 0 Å². The molecule has 10 nitrogen and oxygen atoms in total. The van der Waals surface area contributed by atoms with E-state index in [1.54, 1.807) is 18.2 Å². The lowest BCUT2D eigenvalue weighted by Crippen LogP contribution is -2.52. The third kappa shape index (κ3) is 6.71. The summed E-state index contributed by atoms with van der Waals surface area (Å²) in [4.78, 5) is 8.44. The van der Waals surface area contributed by atoms with E-state index in [4.69, 9.17) is 37.5 Å². The van der Waals surface area contributed by atoms with E-state index in [1.807, 2.05) is 24.8 Å². The number of aliphatic imine (C=N–C) groups is 1. The van der Waals surface area contributed by atoms with E-state index in [0.29, 0.717) is 41.7 Å². The van der Waals surface area contributed by atoms with Crippen LogP contribution in [0.3, 0.4) is 0 Å². The molecule has 2 atom stereocenters. The summed E-state index contributed by atoms with van der Waals surface area (Å²) < 4.78 is 11.4. The van der Waals surface area contributed by atoms with Crippen LogP contribution in [0, 0.1) is 16.7 Å². The smallest absolute Gasteiger partial charge is 0.286 e. The van der Waals surface area contributed by atoms with Crippen molar-refractivity contribution in [2.24, 2.45) is 22.4 Å². The summed E-state index contributed by atoms with van der Waals surface area (Å²) >= 11 is 0. The molecule has 0 amide bonds. The van der Waals surface area contributed by atoms with E-state index in [2.05, 4.69) is 16.8 Å². The molecule has 0 aromatic heterocycles. The first-order valence-corrected chi connectivity index (χ1v) is 11.8. The molecule has 1 saturated heterocycles. The van der Waals surface area contributed by atoms with Crippen molar-refractivity contribution < 1.29 is 9.47 Å². The van der Waals surface area contributed by atoms with Gasteiger partial charge in [-0.3, -0.25) is 21.5 Å². The number of amidine groups is 1. The van der Waals surface area contributed by atoms with Crippen LogP contribution >= 0.6 is 0 Å². The molecule has 1 heterocycles. The van der Waals surface area contributed by atoms with Gasteiger partial charge in [-0.05, 0) is 57.9 Å². The number of hydrogen-bond donors (Lipinski definition) is 5. The Bertz CT molecular complexity index is 933. The Morgan fingerprint density at radius 1 is 1.15 bits per heavy atom. The average molecular weight is 471 g/mol. The minimum absolute atomic E-state index is 0.00124. The molecule has 186 valence electrons. The van der Waals surface area contributed by atoms with Crippen molar-refractivity contribution in [1.29, 1.82) is 10.8 Å². The van der Waals surface area contributed by atoms with E-state index in [1.165, 1.54) is 6.34 Å². The zero-order valence-electron chi connectivity index (χ0n) is 20.3. The summed E-state index contributed by atoms with van der Waals surface area (Å²) in [7, 11) is 0. The van der Waals surface area contributed by atoms with Crippen molar-refractivity contribution in [3.63, 3.8) is 0 Å². The molecule has 8 N–H and O–H groups in total. The Kier molecular flexibility index (Phi) is 8.51. The number of allylic oxidation sites excluding steroid dienone is 1. The van der Waals surface area contributed by atoms with Crippen LogP contribution in [0.5, 0.6) is 5.75 Å². The van der Waals surface area contributed by atoms with Crippen molar-refractivity contribution in [3.05, 3.63) is 35.5 Å². The minimum atomic E-state index is -0.382. The quantitative estimate of drug-likeness (QED) is 0.159. The predicted molar refractivity (Wildman–Crippen MR) is 136 cm³/mol. The topological polar surface area (TPSA) is 163 Å². The fourth-order valence-corrected chi connectivity index (χ4v) is 3.90. The number of nitrogens with two attached hydrogens (primary N) is 3. The lowest BCUT2D eigenvalue weighted by Gasteiger charge is -2.38. The second-order valence-electron chi connectivity index (χ2n) is 9.11. The highest BCUT2D eigenvalue weighted by Crippen LogP contribution is 2.32. The Hall–Kier alpha value is -3.11. The van der Waals surface area contributed by atoms with Crippen molar-refractivity contribution in [2.45, 2.75) is 52.0 Å². The molecule has 3 rings (SSSR count). The third-order valence-electron chi connectivity index (χ3n) is 6.05. The number of benzene rings is 1. The van der Waals surface area contributed by atoms with Gasteiger partial charge in [0.1, 0.15) is 5.75 Å². The van der Waals surface area contributed by atoms with Gasteiger partial charge >= 0.3 is 0 Å². The molecule has 34 heavy (non-hydrogen) atoms. The number of ether oxygens (including phenoxy) is 2. The van der Waals surface area contributed by atoms with Gasteiger partial charge in [0, 0.05) is 49.4 Å². The van der Waals surface area contributed by atoms with Crippen LogP contribution in [0.2, 0.25) is 0 Å². The number of rotatable bonds is 9. The van der Waals surface area contributed by atoms with Crippen LogP contribution in [0.1, 0.15) is 39.2 Å². The zero-order valence-corrected chi connectivity index (χ0v) is 20.3. The first-order valence-electron chi connectivity index (χ1n) is 11.8. The molecule has 0 radical (unpaired) electrons. The van der Waals surface area contributed by atoms with Gasteiger partial charge in [0.05, 0.1) is 23.9 Å². The maximum atomic E-state index is 8.75. The lowest BCUT2D eigenvalue weighted by atomic mass is 10.0. The van der Waals surface area contributed by atoms with Crippen LogP contribution in [0.25, 0.3) is 0 Å². The van der Waals surface area contributed by atoms with Gasteiger partial charge in [0.15, 0.2) is 6.23 Å². The number of nitrogens with one attached hydrogen (secondary N) is 2. The Labute approximate surface area is 201 Å². The van der Waals surface area contributed by atoms with E-state index < -0.39 is 0 Å². The van der Waals surface area contributed by atoms with Crippen molar-refractivity contribution >= 4 is 23.8 Å². The number of piperazine rings is 1. The van der Waals surface area contributed by atoms with E-state index in [9.17, 15) is 0 Å². The van der Waals surface area contributed by atoms with Crippen LogP contribution in [-0.2, 0) is 4.74 Å². The average Bonchev–Trinajstić information content (AvgIpc) is 3.65. The Morgan fingerprint density at radius 3 is 2.41 bits per heavy atom. The maximum Gasteiger partial charge on any atom is 0.286 e. The standard InChI is InChI=1S/C24H38N8O2/c1-15(2)33-18-6-7-20(26)19(13-18)22(27)21(30-14-25)12-16(3)31-8-10-32(11-9-31)24(29)34-23(28)17-4-5-17/h6-7,12-17,23,27,29H,4-5,8-11,26,28H2,1-3H3,(H2,25,30)/b21-12-,27-22?,29-24?. The molecule has 10 heteroatoms. The number of nitrogen functional groups attached to an aromatic ring is 1. The monoisotopic (exact) mass is 470 g/mol. The summed E-state index contributed by atoms with van der Waals surface area (Å²) in [6, 6.07) is 5.44. The molecule has 1 aromatic rings. The van der Waals surface area contributed by atoms with Gasteiger partial charge in [-0.15, -0.1) is 0 Å². The van der Waals surface area contributed by atoms with Crippen molar-refractivity contribution in [2.75, 3.05) is 31.9 Å². The molecule has 1 saturated carbocycles. The molecule has 1 aromatic carbocycles. The third-order valence-corrected chi connectivity index (χ3v) is 6.05. The summed E-state index contributed by atoms with van der Waals surface area (Å²) in [6.07, 6.45) is 4.90. The van der Waals surface area contributed by atoms with E-state index >= 15 is 0 Å². The maximum absolute atomic E-state index is 8.75. The summed E-state index contributed by atoms with van der Waals surface area (Å²) in [5.41, 5.74) is 19.4. The summed E-state index contributed by atoms with van der Waals surface area (Å²) in [6.45, 7) is 8.78. The van der Waals surface area contributed by atoms with Crippen LogP contribution < -0.4 is 21.9 Å². The number of anilines is 1. The molecule has 1 aliphatic carbocycles. The highest BCUT2D eigenvalue weighted by molar-refractivity contribution is 6.14. The largest absolute Gasteiger partial charge is 0.491 e. The summed E-state index contributed by atoms with van der Waals surface area (Å²) in [5, 5.41) is 17.0. The molecule has 2 unspecified atom stereocenters. The van der Waals surface area contributed by atoms with Crippen LogP contribution in [-0.4, -0.2) is 72.4 Å². The molecule has 0 spiro atoms. The molecule has 2 fully saturated rings. The normalized spacial score (nSPS) is 19.3. The molecular weight excluding hydrogens is 432 g/mol. The second-order valence-corrected chi connectivity index (χ2v) is 9.11. The zero-order chi connectivity index (χ0) is 24.8. The Morgan fingerprint density at radius 2 is 1.82 bits per heavy atom. The van der Waals surface area contributed by atoms with Gasteiger partial charge < -0.3 is 25.8 Å². The lowest BCUT2D eigenvalue weighted by molar-refractivity contribution is 0.0988. The van der Waals surface area contributed by atoms with Gasteiger partial charge in [0.25, 0.3) is 6.02 Å². The molecular formula is C24H38N8O2. The van der Waals surface area contributed by atoms with Gasteiger partial charge in [-0.1, -0.05) is 0 Å². The molecule has 0 bridgehead atoms. The SMILES string of the molecule is CC(C)Oc1ccc(N)c(C(=N)/C(=C/C(C)N2CCN(C(=N)OC(N)C3CC3)CC2)N=CN)c1. The highest BCUT2D eigenvalue weighted by Gasteiger charge is 2.32. The van der Waals surface area contributed by atoms with Crippen LogP contribution in [0.15, 0.2) is 35.0 Å². The first-order chi connectivity index (χ1) is 16.2. The molecule has 1 aliphatic heterocycles. The number of nitrogens with zero attached hydrogens (tertiary/aromatic N) is 3. The second kappa shape index (κ2) is 11.3. The van der Waals surface area contributed by atoms with Crippen molar-refractivity contribution in [1.82, 2.24) is 9.80 Å². The van der Waals surface area contributed by atoms with Crippen molar-refractivity contribution in [3.8, 4) is 5.75 Å². The highest BCUT2D eigenvalue weighted by atomic mass is 16.5. The fraction of sp³-hybridized carbons (Fsp3) is 0.542. The van der Waals surface area contributed by atoms with Crippen LogP contribution in [0.4, 0.5) is 5.69 Å². The van der Waals surface area contributed by atoms with Gasteiger partial charge in [-0.25, -0.2) is 4.99 Å². The minimum Gasteiger partial charge on any atom is -0.491 e. The van der Waals surface area contributed by atoms with E-state index in [-0.39, 0.29) is 30.1 Å². The Balaban J connectivity index is 1.65. The number of hydrogen-bond acceptors (Lipinski definition) is 8. The fourth-order valence-electron chi connectivity index (χ4n) is 3.90. The van der Waals surface area contributed by atoms with Gasteiger partial charge in [-0.2, -0.15) is 0 Å². The predicted octanol–water partition coefficient (Wildman–Crippen LogP) is 1.95.